The number of nitrogens with zero attached hydrogens (tertiary/aromatic N) is 1. The maximum absolute atomic E-state index is 11.9. The molecule has 0 unspecified atom stereocenters. The SMILES string of the molecule is C[C@H]1CN(C(=O)CCN)C[C@@H](c2ccccc2)O1. The molecule has 0 aromatic heterocycles. The van der Waals surface area contributed by atoms with E-state index in [9.17, 15) is 4.79 Å². The van der Waals surface area contributed by atoms with Crippen molar-refractivity contribution >= 4 is 5.91 Å². The molecule has 18 heavy (non-hydrogen) atoms. The number of ether oxygens (including phenoxy) is 1. The van der Waals surface area contributed by atoms with Gasteiger partial charge in [-0.15, -0.1) is 0 Å². The standard InChI is InChI=1S/C14H20N2O2/c1-11-9-16(14(17)7-8-15)10-13(18-11)12-5-3-2-4-6-12/h2-6,11,13H,7-10,15H2,1H3/t11-,13-/m0/s1. The summed E-state index contributed by atoms with van der Waals surface area (Å²) in [6.45, 7) is 3.67. The molecule has 4 heteroatoms. The highest BCUT2D eigenvalue weighted by Gasteiger charge is 2.28. The summed E-state index contributed by atoms with van der Waals surface area (Å²) in [7, 11) is 0. The van der Waals surface area contributed by atoms with Gasteiger partial charge < -0.3 is 15.4 Å². The minimum Gasteiger partial charge on any atom is -0.367 e. The molecular weight excluding hydrogens is 228 g/mol. The molecule has 2 rings (SSSR count). The van der Waals surface area contributed by atoms with E-state index in [1.54, 1.807) is 0 Å². The number of amides is 1. The Bertz CT molecular complexity index is 394. The van der Waals surface area contributed by atoms with Crippen LogP contribution in [-0.2, 0) is 9.53 Å². The maximum atomic E-state index is 11.9. The number of morpholine rings is 1. The molecule has 1 aromatic rings. The van der Waals surface area contributed by atoms with E-state index in [2.05, 4.69) is 0 Å². The minimum atomic E-state index is -0.0309. The van der Waals surface area contributed by atoms with Crippen molar-refractivity contribution in [1.82, 2.24) is 4.90 Å². The van der Waals surface area contributed by atoms with E-state index in [0.29, 0.717) is 26.1 Å². The molecule has 4 nitrogen and oxygen atoms in total. The van der Waals surface area contributed by atoms with Crippen LogP contribution in [0.2, 0.25) is 0 Å². The second kappa shape index (κ2) is 5.98. The molecule has 0 bridgehead atoms. The lowest BCUT2D eigenvalue weighted by atomic mass is 10.1. The lowest BCUT2D eigenvalue weighted by Gasteiger charge is -2.37. The Kier molecular flexibility index (Phi) is 4.33. The number of rotatable bonds is 3. The average molecular weight is 248 g/mol. The summed E-state index contributed by atoms with van der Waals surface area (Å²) >= 11 is 0. The van der Waals surface area contributed by atoms with Crippen molar-refractivity contribution in [2.45, 2.75) is 25.6 Å². The first-order valence-corrected chi connectivity index (χ1v) is 6.39. The molecule has 1 heterocycles. The first-order chi connectivity index (χ1) is 8.70. The van der Waals surface area contributed by atoms with Crippen LogP contribution in [0.4, 0.5) is 0 Å². The number of hydrogen-bond donors (Lipinski definition) is 1. The molecule has 0 aliphatic carbocycles. The van der Waals surface area contributed by atoms with Gasteiger partial charge in [0.25, 0.3) is 0 Å². The third-order valence-electron chi connectivity index (χ3n) is 3.14. The zero-order valence-electron chi connectivity index (χ0n) is 10.7. The van der Waals surface area contributed by atoms with Crippen molar-refractivity contribution < 1.29 is 9.53 Å². The van der Waals surface area contributed by atoms with E-state index in [1.807, 2.05) is 42.2 Å². The molecule has 0 saturated carbocycles. The summed E-state index contributed by atoms with van der Waals surface area (Å²) in [6.07, 6.45) is 0.441. The molecule has 0 radical (unpaired) electrons. The molecule has 1 fully saturated rings. The summed E-state index contributed by atoms with van der Waals surface area (Å²) in [6, 6.07) is 10.0. The number of carbonyl (C=O) groups is 1. The lowest BCUT2D eigenvalue weighted by Crippen LogP contribution is -2.46. The van der Waals surface area contributed by atoms with Gasteiger partial charge in [0.1, 0.15) is 6.10 Å². The fourth-order valence-electron chi connectivity index (χ4n) is 2.29. The Morgan fingerprint density at radius 3 is 2.78 bits per heavy atom. The van der Waals surface area contributed by atoms with E-state index >= 15 is 0 Å². The molecular formula is C14H20N2O2. The summed E-state index contributed by atoms with van der Waals surface area (Å²) in [5.74, 6) is 0.119. The minimum absolute atomic E-state index is 0.0309. The molecule has 1 saturated heterocycles. The average Bonchev–Trinajstić information content (AvgIpc) is 2.39. The lowest BCUT2D eigenvalue weighted by molar-refractivity contribution is -0.144. The zero-order chi connectivity index (χ0) is 13.0. The summed E-state index contributed by atoms with van der Waals surface area (Å²) in [4.78, 5) is 13.8. The van der Waals surface area contributed by atoms with Gasteiger partial charge in [-0.25, -0.2) is 0 Å². The van der Waals surface area contributed by atoms with Crippen LogP contribution in [0.25, 0.3) is 0 Å². The van der Waals surface area contributed by atoms with Crippen LogP contribution < -0.4 is 5.73 Å². The normalized spacial score (nSPS) is 24.0. The van der Waals surface area contributed by atoms with Crippen molar-refractivity contribution in [3.63, 3.8) is 0 Å². The van der Waals surface area contributed by atoms with Crippen molar-refractivity contribution in [1.29, 1.82) is 0 Å². The van der Waals surface area contributed by atoms with Gasteiger partial charge in [0, 0.05) is 19.5 Å². The van der Waals surface area contributed by atoms with Crippen molar-refractivity contribution in [2.75, 3.05) is 19.6 Å². The first-order valence-electron chi connectivity index (χ1n) is 6.39. The number of carbonyl (C=O) groups excluding carboxylic acids is 1. The first kappa shape index (κ1) is 13.1. The zero-order valence-corrected chi connectivity index (χ0v) is 10.7. The Morgan fingerprint density at radius 1 is 1.39 bits per heavy atom. The van der Waals surface area contributed by atoms with Crippen LogP contribution in [0.15, 0.2) is 30.3 Å². The van der Waals surface area contributed by atoms with Crippen LogP contribution in [-0.4, -0.2) is 36.5 Å². The van der Waals surface area contributed by atoms with Crippen LogP contribution in [0.5, 0.6) is 0 Å². The van der Waals surface area contributed by atoms with Gasteiger partial charge >= 0.3 is 0 Å². The second-order valence-electron chi connectivity index (χ2n) is 4.68. The molecule has 98 valence electrons. The van der Waals surface area contributed by atoms with Crippen LogP contribution in [0, 0.1) is 0 Å². The van der Waals surface area contributed by atoms with Crippen LogP contribution in [0.1, 0.15) is 25.0 Å². The summed E-state index contributed by atoms with van der Waals surface area (Å²) in [5.41, 5.74) is 6.56. The topological polar surface area (TPSA) is 55.6 Å². The third kappa shape index (κ3) is 3.09. The van der Waals surface area contributed by atoms with Crippen molar-refractivity contribution in [3.05, 3.63) is 35.9 Å². The van der Waals surface area contributed by atoms with Gasteiger partial charge in [0.15, 0.2) is 0 Å². The van der Waals surface area contributed by atoms with Gasteiger partial charge in [-0.05, 0) is 12.5 Å². The molecule has 1 aliphatic heterocycles. The Labute approximate surface area is 108 Å². The molecule has 0 spiro atoms. The van der Waals surface area contributed by atoms with Gasteiger partial charge in [0.2, 0.25) is 5.91 Å². The monoisotopic (exact) mass is 248 g/mol. The molecule has 1 aromatic carbocycles. The van der Waals surface area contributed by atoms with Gasteiger partial charge in [0.05, 0.1) is 12.6 Å². The molecule has 2 N–H and O–H groups in total. The van der Waals surface area contributed by atoms with E-state index in [4.69, 9.17) is 10.5 Å². The van der Waals surface area contributed by atoms with Crippen LogP contribution in [0.3, 0.4) is 0 Å². The van der Waals surface area contributed by atoms with E-state index in [1.165, 1.54) is 0 Å². The number of hydrogen-bond acceptors (Lipinski definition) is 3. The highest BCUT2D eigenvalue weighted by atomic mass is 16.5. The highest BCUT2D eigenvalue weighted by Crippen LogP contribution is 2.25. The predicted octanol–water partition coefficient (Wildman–Crippen LogP) is 1.32. The Morgan fingerprint density at radius 2 is 2.11 bits per heavy atom. The van der Waals surface area contributed by atoms with Crippen molar-refractivity contribution in [2.24, 2.45) is 5.73 Å². The Hall–Kier alpha value is -1.39. The van der Waals surface area contributed by atoms with Gasteiger partial charge in [-0.2, -0.15) is 0 Å². The summed E-state index contributed by atoms with van der Waals surface area (Å²) < 4.78 is 5.91. The Balaban J connectivity index is 2.07. The molecule has 1 amide bonds. The third-order valence-corrected chi connectivity index (χ3v) is 3.14. The number of nitrogens with two attached hydrogens (primary N) is 1. The van der Waals surface area contributed by atoms with Gasteiger partial charge in [-0.1, -0.05) is 30.3 Å². The molecule has 1 aliphatic rings. The fraction of sp³-hybridized carbons (Fsp3) is 0.500. The second-order valence-corrected chi connectivity index (χ2v) is 4.68. The van der Waals surface area contributed by atoms with Crippen molar-refractivity contribution in [3.8, 4) is 0 Å². The quantitative estimate of drug-likeness (QED) is 0.878. The van der Waals surface area contributed by atoms with Gasteiger partial charge in [-0.3, -0.25) is 4.79 Å². The fourth-order valence-corrected chi connectivity index (χ4v) is 2.29. The smallest absolute Gasteiger partial charge is 0.224 e. The predicted molar refractivity (Wildman–Crippen MR) is 70.0 cm³/mol. The summed E-state index contributed by atoms with van der Waals surface area (Å²) in [5, 5.41) is 0. The highest BCUT2D eigenvalue weighted by molar-refractivity contribution is 5.76. The maximum Gasteiger partial charge on any atom is 0.224 e. The van der Waals surface area contributed by atoms with Crippen LogP contribution >= 0.6 is 0 Å². The number of benzene rings is 1. The van der Waals surface area contributed by atoms with E-state index in [0.717, 1.165) is 5.56 Å². The van der Waals surface area contributed by atoms with E-state index in [-0.39, 0.29) is 18.1 Å². The largest absolute Gasteiger partial charge is 0.367 e. The van der Waals surface area contributed by atoms with E-state index < -0.39 is 0 Å². The molecule has 2 atom stereocenters.